The van der Waals surface area contributed by atoms with E-state index >= 15 is 0 Å². The third kappa shape index (κ3) is 3.97. The number of hydrogen-bond acceptors (Lipinski definition) is 2. The molecule has 1 rings (SSSR count). The highest BCUT2D eigenvalue weighted by molar-refractivity contribution is 5.94. The second-order valence-electron chi connectivity index (χ2n) is 3.35. The zero-order valence-corrected chi connectivity index (χ0v) is 9.33. The van der Waals surface area contributed by atoms with Crippen LogP contribution >= 0.6 is 0 Å². The van der Waals surface area contributed by atoms with Gasteiger partial charge in [-0.3, -0.25) is 9.59 Å². The highest BCUT2D eigenvalue weighted by Gasteiger charge is 1.96. The van der Waals surface area contributed by atoms with Gasteiger partial charge in [-0.2, -0.15) is 0 Å². The van der Waals surface area contributed by atoms with E-state index in [1.54, 1.807) is 24.3 Å². The molecule has 1 aromatic carbocycles. The third-order valence-electron chi connectivity index (χ3n) is 1.95. The first-order valence-electron chi connectivity index (χ1n) is 4.94. The van der Waals surface area contributed by atoms with E-state index in [1.165, 1.54) is 13.8 Å². The van der Waals surface area contributed by atoms with Gasteiger partial charge in [-0.15, -0.1) is 0 Å². The molecule has 0 unspecified atom stereocenters. The molecule has 1 amide bonds. The van der Waals surface area contributed by atoms with Gasteiger partial charge in [0.05, 0.1) is 6.54 Å². The van der Waals surface area contributed by atoms with E-state index in [4.69, 9.17) is 0 Å². The van der Waals surface area contributed by atoms with Gasteiger partial charge in [0.1, 0.15) is 0 Å². The minimum atomic E-state index is -0.0961. The van der Waals surface area contributed by atoms with Crippen LogP contribution in [0.5, 0.6) is 0 Å². The SMILES string of the molecule is CC(=O)NCC#Cc1ccc(C(C)=O)cc1. The molecule has 0 spiro atoms. The number of hydrogen-bond donors (Lipinski definition) is 1. The molecular weight excluding hydrogens is 202 g/mol. The summed E-state index contributed by atoms with van der Waals surface area (Å²) in [5.74, 6) is 5.65. The average Bonchev–Trinajstić information content (AvgIpc) is 2.25. The van der Waals surface area contributed by atoms with Crippen molar-refractivity contribution in [2.45, 2.75) is 13.8 Å². The third-order valence-corrected chi connectivity index (χ3v) is 1.95. The highest BCUT2D eigenvalue weighted by atomic mass is 16.1. The largest absolute Gasteiger partial charge is 0.345 e. The Bertz CT molecular complexity index is 449. The van der Waals surface area contributed by atoms with Crippen molar-refractivity contribution in [2.75, 3.05) is 6.54 Å². The van der Waals surface area contributed by atoms with Gasteiger partial charge in [-0.1, -0.05) is 24.0 Å². The molecule has 16 heavy (non-hydrogen) atoms. The summed E-state index contributed by atoms with van der Waals surface area (Å²) in [6.07, 6.45) is 0. The van der Waals surface area contributed by atoms with E-state index < -0.39 is 0 Å². The number of ketones is 1. The Balaban J connectivity index is 2.61. The van der Waals surface area contributed by atoms with E-state index in [1.807, 2.05) is 0 Å². The Kier molecular flexibility index (Phi) is 4.28. The van der Waals surface area contributed by atoms with E-state index in [2.05, 4.69) is 17.2 Å². The smallest absolute Gasteiger partial charge is 0.217 e. The van der Waals surface area contributed by atoms with Gasteiger partial charge in [-0.05, 0) is 19.1 Å². The Hall–Kier alpha value is -2.08. The molecule has 0 fully saturated rings. The molecule has 0 aromatic heterocycles. The van der Waals surface area contributed by atoms with Crippen LogP contribution < -0.4 is 5.32 Å². The fourth-order valence-electron chi connectivity index (χ4n) is 1.10. The fourth-order valence-corrected chi connectivity index (χ4v) is 1.10. The lowest BCUT2D eigenvalue weighted by atomic mass is 10.1. The zero-order chi connectivity index (χ0) is 12.0. The Labute approximate surface area is 94.9 Å². The molecule has 0 radical (unpaired) electrons. The summed E-state index contributed by atoms with van der Waals surface area (Å²) >= 11 is 0. The van der Waals surface area contributed by atoms with Crippen molar-refractivity contribution in [1.29, 1.82) is 0 Å². The molecule has 82 valence electrons. The van der Waals surface area contributed by atoms with Crippen LogP contribution in [0.25, 0.3) is 0 Å². The van der Waals surface area contributed by atoms with Crippen molar-refractivity contribution in [1.82, 2.24) is 5.32 Å². The summed E-state index contributed by atoms with van der Waals surface area (Å²) in [5, 5.41) is 2.58. The lowest BCUT2D eigenvalue weighted by molar-refractivity contribution is -0.118. The monoisotopic (exact) mass is 215 g/mol. The zero-order valence-electron chi connectivity index (χ0n) is 9.33. The Morgan fingerprint density at radius 1 is 1.19 bits per heavy atom. The van der Waals surface area contributed by atoms with Crippen molar-refractivity contribution >= 4 is 11.7 Å². The van der Waals surface area contributed by atoms with Gasteiger partial charge < -0.3 is 5.32 Å². The van der Waals surface area contributed by atoms with Gasteiger partial charge in [0.2, 0.25) is 5.91 Å². The van der Waals surface area contributed by atoms with Crippen LogP contribution in [-0.4, -0.2) is 18.2 Å². The van der Waals surface area contributed by atoms with Crippen LogP contribution in [0.4, 0.5) is 0 Å². The predicted octanol–water partition coefficient (Wildman–Crippen LogP) is 1.38. The van der Waals surface area contributed by atoms with Crippen molar-refractivity contribution in [3.63, 3.8) is 0 Å². The van der Waals surface area contributed by atoms with Gasteiger partial charge in [0, 0.05) is 18.1 Å². The van der Waals surface area contributed by atoms with Gasteiger partial charge in [-0.25, -0.2) is 0 Å². The van der Waals surface area contributed by atoms with Crippen LogP contribution in [0.3, 0.4) is 0 Å². The summed E-state index contributed by atoms with van der Waals surface area (Å²) in [6, 6.07) is 7.06. The van der Waals surface area contributed by atoms with E-state index in [0.717, 1.165) is 5.56 Å². The normalized spacial score (nSPS) is 8.88. The maximum Gasteiger partial charge on any atom is 0.217 e. The van der Waals surface area contributed by atoms with Crippen LogP contribution in [-0.2, 0) is 4.79 Å². The van der Waals surface area contributed by atoms with Crippen molar-refractivity contribution in [2.24, 2.45) is 0 Å². The molecule has 3 heteroatoms. The summed E-state index contributed by atoms with van der Waals surface area (Å²) in [7, 11) is 0. The molecule has 0 saturated carbocycles. The average molecular weight is 215 g/mol. The van der Waals surface area contributed by atoms with Crippen LogP contribution in [0.1, 0.15) is 29.8 Å². The summed E-state index contributed by atoms with van der Waals surface area (Å²) in [6.45, 7) is 3.31. The standard InChI is InChI=1S/C13H13NO2/c1-10(15)13-7-5-12(6-8-13)4-3-9-14-11(2)16/h5-8H,9H2,1-2H3,(H,14,16). The minimum absolute atomic E-state index is 0.0396. The predicted molar refractivity (Wildman–Crippen MR) is 62.0 cm³/mol. The molecule has 1 aromatic rings. The molecule has 0 saturated heterocycles. The molecule has 0 atom stereocenters. The van der Waals surface area contributed by atoms with Crippen molar-refractivity contribution in [3.8, 4) is 11.8 Å². The first kappa shape index (κ1) is 12.0. The van der Waals surface area contributed by atoms with Crippen molar-refractivity contribution < 1.29 is 9.59 Å². The second-order valence-corrected chi connectivity index (χ2v) is 3.35. The van der Waals surface area contributed by atoms with Gasteiger partial charge in [0.25, 0.3) is 0 Å². The summed E-state index contributed by atoms with van der Waals surface area (Å²) < 4.78 is 0. The number of benzene rings is 1. The fraction of sp³-hybridized carbons (Fsp3) is 0.231. The second kappa shape index (κ2) is 5.72. The van der Waals surface area contributed by atoms with Crippen LogP contribution in [0.15, 0.2) is 24.3 Å². The van der Waals surface area contributed by atoms with Gasteiger partial charge in [0.15, 0.2) is 5.78 Å². The minimum Gasteiger partial charge on any atom is -0.345 e. The number of rotatable bonds is 2. The Morgan fingerprint density at radius 2 is 1.81 bits per heavy atom. The topological polar surface area (TPSA) is 46.2 Å². The molecular formula is C13H13NO2. The quantitative estimate of drug-likeness (QED) is 0.598. The highest BCUT2D eigenvalue weighted by Crippen LogP contribution is 2.03. The molecule has 0 heterocycles. The first-order chi connectivity index (χ1) is 7.59. The summed E-state index contributed by atoms with van der Waals surface area (Å²) in [4.78, 5) is 21.6. The molecule has 1 N–H and O–H groups in total. The van der Waals surface area contributed by atoms with E-state index in [0.29, 0.717) is 12.1 Å². The number of amides is 1. The van der Waals surface area contributed by atoms with E-state index in [9.17, 15) is 9.59 Å². The molecule has 3 nitrogen and oxygen atoms in total. The number of carbonyl (C=O) groups is 2. The number of carbonyl (C=O) groups excluding carboxylic acids is 2. The lowest BCUT2D eigenvalue weighted by Gasteiger charge is -1.95. The molecule has 0 aliphatic carbocycles. The number of Topliss-reactive ketones (excluding diaryl/α,β-unsaturated/α-hetero) is 1. The molecule has 0 bridgehead atoms. The first-order valence-corrected chi connectivity index (χ1v) is 4.94. The van der Waals surface area contributed by atoms with Crippen LogP contribution in [0.2, 0.25) is 0 Å². The maximum atomic E-state index is 11.0. The van der Waals surface area contributed by atoms with E-state index in [-0.39, 0.29) is 11.7 Å². The van der Waals surface area contributed by atoms with Crippen molar-refractivity contribution in [3.05, 3.63) is 35.4 Å². The molecule has 0 aliphatic rings. The number of nitrogens with one attached hydrogen (secondary N) is 1. The lowest BCUT2D eigenvalue weighted by Crippen LogP contribution is -2.19. The molecule has 0 aliphatic heterocycles. The van der Waals surface area contributed by atoms with Gasteiger partial charge >= 0.3 is 0 Å². The van der Waals surface area contributed by atoms with Crippen LogP contribution in [0, 0.1) is 11.8 Å². The Morgan fingerprint density at radius 3 is 2.31 bits per heavy atom. The summed E-state index contributed by atoms with van der Waals surface area (Å²) in [5.41, 5.74) is 1.50. The maximum absolute atomic E-state index is 11.0.